The molecule has 182 valence electrons. The summed E-state index contributed by atoms with van der Waals surface area (Å²) in [6.07, 6.45) is 4.51. The molecule has 1 aliphatic heterocycles. The molecule has 0 aliphatic carbocycles. The zero-order chi connectivity index (χ0) is 23.9. The number of benzene rings is 1. The highest BCUT2D eigenvalue weighted by Crippen LogP contribution is 2.33. The fraction of sp³-hybridized carbons (Fsp3) is 0.458. The van der Waals surface area contributed by atoms with Gasteiger partial charge in [-0.15, -0.1) is 23.5 Å². The fourth-order valence-electron chi connectivity index (χ4n) is 3.91. The van der Waals surface area contributed by atoms with Gasteiger partial charge in [-0.2, -0.15) is 0 Å². The van der Waals surface area contributed by atoms with Gasteiger partial charge in [-0.3, -0.25) is 9.69 Å². The van der Waals surface area contributed by atoms with Crippen molar-refractivity contribution in [2.75, 3.05) is 62.8 Å². The molecule has 4 rings (SSSR count). The average Bonchev–Trinajstić information content (AvgIpc) is 3.27. The normalized spacial score (nSPS) is 15.1. The van der Waals surface area contributed by atoms with Gasteiger partial charge in [0.05, 0.1) is 5.69 Å². The second-order valence-corrected chi connectivity index (χ2v) is 10.8. The van der Waals surface area contributed by atoms with Crippen LogP contribution in [0.25, 0.3) is 11.1 Å². The van der Waals surface area contributed by atoms with Crippen LogP contribution < -0.4 is 5.32 Å². The van der Waals surface area contributed by atoms with E-state index in [1.807, 2.05) is 49.8 Å². The van der Waals surface area contributed by atoms with E-state index in [0.29, 0.717) is 6.42 Å². The number of nitrogens with zero attached hydrogens (tertiary/aromatic N) is 4. The molecular weight excluding hydrogens is 486 g/mol. The molecule has 1 saturated heterocycles. The van der Waals surface area contributed by atoms with Gasteiger partial charge in [0.15, 0.2) is 5.58 Å². The lowest BCUT2D eigenvalue weighted by molar-refractivity contribution is -0.116. The van der Waals surface area contributed by atoms with Gasteiger partial charge in [-0.1, -0.05) is 23.9 Å². The predicted molar refractivity (Wildman–Crippen MR) is 143 cm³/mol. The fourth-order valence-corrected chi connectivity index (χ4v) is 6.05. The van der Waals surface area contributed by atoms with Crippen LogP contribution in [-0.2, 0) is 4.79 Å². The minimum atomic E-state index is 0.0495. The number of thioether (sulfide) groups is 3. The quantitative estimate of drug-likeness (QED) is 0.385. The SMILES string of the molecule is CSc1cc(C)nc(SC)c1NC(=O)CCN1CCN(CCSc2nc3ccccc3o2)CC1. The van der Waals surface area contributed by atoms with Crippen molar-refractivity contribution in [1.29, 1.82) is 0 Å². The molecule has 34 heavy (non-hydrogen) atoms. The molecule has 10 heteroatoms. The highest BCUT2D eigenvalue weighted by Gasteiger charge is 2.19. The molecule has 2 aromatic heterocycles. The van der Waals surface area contributed by atoms with E-state index in [2.05, 4.69) is 25.1 Å². The summed E-state index contributed by atoms with van der Waals surface area (Å²) >= 11 is 4.87. The minimum Gasteiger partial charge on any atom is -0.431 e. The smallest absolute Gasteiger partial charge is 0.256 e. The molecule has 0 saturated carbocycles. The lowest BCUT2D eigenvalue weighted by Gasteiger charge is -2.34. The zero-order valence-corrected chi connectivity index (χ0v) is 22.3. The molecule has 1 amide bonds. The monoisotopic (exact) mass is 517 g/mol. The van der Waals surface area contributed by atoms with E-state index >= 15 is 0 Å². The molecule has 3 aromatic rings. The van der Waals surface area contributed by atoms with Crippen molar-refractivity contribution in [3.05, 3.63) is 36.0 Å². The van der Waals surface area contributed by atoms with Crippen LogP contribution in [0.4, 0.5) is 5.69 Å². The molecule has 7 nitrogen and oxygen atoms in total. The summed E-state index contributed by atoms with van der Waals surface area (Å²) in [7, 11) is 0. The molecule has 0 atom stereocenters. The predicted octanol–water partition coefficient (Wildman–Crippen LogP) is 4.71. The highest BCUT2D eigenvalue weighted by molar-refractivity contribution is 7.99. The van der Waals surface area contributed by atoms with Crippen LogP contribution in [0.5, 0.6) is 0 Å². The average molecular weight is 518 g/mol. The summed E-state index contributed by atoms with van der Waals surface area (Å²) in [5, 5.41) is 4.73. The lowest BCUT2D eigenvalue weighted by atomic mass is 10.2. The van der Waals surface area contributed by atoms with Crippen molar-refractivity contribution < 1.29 is 9.21 Å². The Morgan fingerprint density at radius 3 is 2.50 bits per heavy atom. The molecule has 0 bridgehead atoms. The molecular formula is C24H31N5O2S3. The molecule has 0 unspecified atom stereocenters. The Bertz CT molecular complexity index is 1060. The number of para-hydroxylation sites is 2. The number of carbonyl (C=O) groups excluding carboxylic acids is 1. The zero-order valence-electron chi connectivity index (χ0n) is 19.9. The summed E-state index contributed by atoms with van der Waals surface area (Å²) in [6.45, 7) is 7.78. The first-order chi connectivity index (χ1) is 16.6. The van der Waals surface area contributed by atoms with Gasteiger partial charge in [0, 0.05) is 62.0 Å². The van der Waals surface area contributed by atoms with Crippen molar-refractivity contribution in [2.45, 2.75) is 28.5 Å². The van der Waals surface area contributed by atoms with E-state index in [0.717, 1.165) is 82.6 Å². The Hall–Kier alpha value is -1.72. The summed E-state index contributed by atoms with van der Waals surface area (Å²) < 4.78 is 5.79. The number of hydrogen-bond donors (Lipinski definition) is 1. The number of nitrogens with one attached hydrogen (secondary N) is 1. The van der Waals surface area contributed by atoms with E-state index in [4.69, 9.17) is 4.42 Å². The maximum Gasteiger partial charge on any atom is 0.256 e. The number of oxazole rings is 1. The lowest BCUT2D eigenvalue weighted by Crippen LogP contribution is -2.47. The van der Waals surface area contributed by atoms with E-state index < -0.39 is 0 Å². The number of aromatic nitrogens is 2. The van der Waals surface area contributed by atoms with Crippen LogP contribution >= 0.6 is 35.3 Å². The Morgan fingerprint density at radius 1 is 1.06 bits per heavy atom. The maximum absolute atomic E-state index is 12.7. The third-order valence-corrected chi connectivity index (χ3v) is 8.04. The summed E-state index contributed by atoms with van der Waals surface area (Å²) in [4.78, 5) is 27.7. The summed E-state index contributed by atoms with van der Waals surface area (Å²) in [5.41, 5.74) is 3.57. The van der Waals surface area contributed by atoms with Gasteiger partial charge >= 0.3 is 0 Å². The summed E-state index contributed by atoms with van der Waals surface area (Å²) in [6, 6.07) is 9.90. The molecule has 0 radical (unpaired) electrons. The van der Waals surface area contributed by atoms with Crippen molar-refractivity contribution in [3.8, 4) is 0 Å². The first kappa shape index (κ1) is 25.4. The molecule has 3 heterocycles. The van der Waals surface area contributed by atoms with Gasteiger partial charge in [-0.05, 0) is 37.6 Å². The number of anilines is 1. The number of piperazine rings is 1. The number of hydrogen-bond acceptors (Lipinski definition) is 9. The Labute approximate surface area is 213 Å². The molecule has 1 aromatic carbocycles. The van der Waals surface area contributed by atoms with Gasteiger partial charge in [0.25, 0.3) is 5.22 Å². The van der Waals surface area contributed by atoms with Crippen LogP contribution in [0, 0.1) is 6.92 Å². The second kappa shape index (κ2) is 12.3. The first-order valence-corrected chi connectivity index (χ1v) is 14.8. The molecule has 1 fully saturated rings. The van der Waals surface area contributed by atoms with Gasteiger partial charge in [0.1, 0.15) is 10.5 Å². The van der Waals surface area contributed by atoms with E-state index in [9.17, 15) is 4.79 Å². The second-order valence-electron chi connectivity index (χ2n) is 8.13. The molecule has 1 N–H and O–H groups in total. The van der Waals surface area contributed by atoms with E-state index in [1.165, 1.54) is 0 Å². The molecule has 0 spiro atoms. The van der Waals surface area contributed by atoms with Gasteiger partial charge in [0.2, 0.25) is 5.91 Å². The number of rotatable bonds is 10. The molecule has 1 aliphatic rings. The minimum absolute atomic E-state index is 0.0495. The number of carbonyl (C=O) groups is 1. The Kier molecular flexibility index (Phi) is 9.18. The van der Waals surface area contributed by atoms with Crippen molar-refractivity contribution in [2.24, 2.45) is 0 Å². The topological polar surface area (TPSA) is 74.5 Å². The van der Waals surface area contributed by atoms with Crippen LogP contribution in [0.2, 0.25) is 0 Å². The number of fused-ring (bicyclic) bond motifs is 1. The Morgan fingerprint density at radius 2 is 1.79 bits per heavy atom. The number of amides is 1. The summed E-state index contributed by atoms with van der Waals surface area (Å²) in [5.74, 6) is 1.00. The number of pyridine rings is 1. The van der Waals surface area contributed by atoms with E-state index in [-0.39, 0.29) is 5.91 Å². The first-order valence-electron chi connectivity index (χ1n) is 11.4. The van der Waals surface area contributed by atoms with Crippen LogP contribution in [0.1, 0.15) is 12.1 Å². The van der Waals surface area contributed by atoms with Crippen LogP contribution in [-0.4, -0.2) is 83.2 Å². The third-order valence-electron chi connectivity index (χ3n) is 5.78. The number of aryl methyl sites for hydroxylation is 1. The van der Waals surface area contributed by atoms with Crippen molar-refractivity contribution >= 4 is 58.0 Å². The van der Waals surface area contributed by atoms with Crippen LogP contribution in [0.15, 0.2) is 49.9 Å². The van der Waals surface area contributed by atoms with Gasteiger partial charge in [-0.25, -0.2) is 9.97 Å². The standard InChI is InChI=1S/C24H31N5O2S3/c1-17-16-20(32-2)22(23(25-17)33-3)27-21(30)8-9-28-10-12-29(13-11-28)14-15-34-24-26-18-6-4-5-7-19(18)31-24/h4-7,16H,8-15H2,1-3H3,(H,27,30). The van der Waals surface area contributed by atoms with Crippen LogP contribution in [0.3, 0.4) is 0 Å². The maximum atomic E-state index is 12.7. The largest absolute Gasteiger partial charge is 0.431 e. The highest BCUT2D eigenvalue weighted by atomic mass is 32.2. The van der Waals surface area contributed by atoms with Crippen molar-refractivity contribution in [1.82, 2.24) is 19.8 Å². The van der Waals surface area contributed by atoms with Crippen molar-refractivity contribution in [3.63, 3.8) is 0 Å². The van der Waals surface area contributed by atoms with Gasteiger partial charge < -0.3 is 14.6 Å². The Balaban J connectivity index is 1.17. The van der Waals surface area contributed by atoms with E-state index in [1.54, 1.807) is 35.3 Å². The third kappa shape index (κ3) is 6.69.